The Kier molecular flexibility index (Phi) is 3.69. The number of piperazine rings is 1. The van der Waals surface area contributed by atoms with Crippen LogP contribution in [0.2, 0.25) is 5.02 Å². The quantitative estimate of drug-likeness (QED) is 0.882. The van der Waals surface area contributed by atoms with Gasteiger partial charge in [-0.2, -0.15) is 0 Å². The molecule has 0 radical (unpaired) electrons. The predicted molar refractivity (Wildman–Crippen MR) is 76.9 cm³/mol. The van der Waals surface area contributed by atoms with Gasteiger partial charge in [0.2, 0.25) is 0 Å². The summed E-state index contributed by atoms with van der Waals surface area (Å²) < 4.78 is 0. The van der Waals surface area contributed by atoms with E-state index in [2.05, 4.69) is 28.4 Å². The zero-order chi connectivity index (χ0) is 12.4. The van der Waals surface area contributed by atoms with Gasteiger partial charge in [0.15, 0.2) is 0 Å². The van der Waals surface area contributed by atoms with E-state index >= 15 is 0 Å². The van der Waals surface area contributed by atoms with Crippen LogP contribution in [0.5, 0.6) is 0 Å². The van der Waals surface area contributed by atoms with Gasteiger partial charge in [-0.05, 0) is 36.1 Å². The summed E-state index contributed by atoms with van der Waals surface area (Å²) >= 11 is 6.06. The van der Waals surface area contributed by atoms with Crippen molar-refractivity contribution < 1.29 is 0 Å². The first-order valence-electron chi connectivity index (χ1n) is 6.74. The van der Waals surface area contributed by atoms with Gasteiger partial charge in [0, 0.05) is 37.2 Å². The molecule has 0 amide bonds. The van der Waals surface area contributed by atoms with Crippen molar-refractivity contribution in [1.29, 1.82) is 0 Å². The van der Waals surface area contributed by atoms with Crippen LogP contribution in [0.1, 0.15) is 18.4 Å². The van der Waals surface area contributed by atoms with E-state index in [0.29, 0.717) is 6.04 Å². The van der Waals surface area contributed by atoms with E-state index in [1.54, 1.807) is 0 Å². The number of rotatable bonds is 2. The van der Waals surface area contributed by atoms with E-state index in [0.717, 1.165) is 18.1 Å². The van der Waals surface area contributed by atoms with Gasteiger partial charge < -0.3 is 5.32 Å². The van der Waals surface area contributed by atoms with Gasteiger partial charge in [-0.25, -0.2) is 0 Å². The summed E-state index contributed by atoms with van der Waals surface area (Å²) in [6.45, 7) is 4.58. The second-order valence-corrected chi connectivity index (χ2v) is 5.53. The summed E-state index contributed by atoms with van der Waals surface area (Å²) in [6.07, 6.45) is 4.87. The van der Waals surface area contributed by atoms with E-state index in [1.165, 1.54) is 37.1 Å². The highest BCUT2D eigenvalue weighted by Gasteiger charge is 2.23. The van der Waals surface area contributed by atoms with Crippen LogP contribution in [0.15, 0.2) is 30.3 Å². The van der Waals surface area contributed by atoms with Crippen molar-refractivity contribution in [2.45, 2.75) is 18.9 Å². The lowest BCUT2D eigenvalue weighted by Gasteiger charge is -2.31. The lowest BCUT2D eigenvalue weighted by molar-refractivity contribution is 0.200. The minimum absolute atomic E-state index is 0.626. The molecule has 1 unspecified atom stereocenters. The molecule has 2 nitrogen and oxygen atoms in total. The average Bonchev–Trinajstić information content (AvgIpc) is 2.89. The fourth-order valence-corrected chi connectivity index (χ4v) is 3.12. The van der Waals surface area contributed by atoms with Crippen LogP contribution in [0, 0.1) is 0 Å². The standard InChI is InChI=1S/C15H19ClN2/c16-14-3-1-2-12(10-14)13-4-5-15(11-13)18-8-6-17-7-9-18/h1-3,10-11,15,17H,4-9H2. The molecule has 1 saturated heterocycles. The molecular formula is C15H19ClN2. The maximum atomic E-state index is 6.06. The molecule has 0 aromatic heterocycles. The van der Waals surface area contributed by atoms with Crippen LogP contribution in [-0.4, -0.2) is 37.1 Å². The van der Waals surface area contributed by atoms with Crippen LogP contribution in [0.3, 0.4) is 0 Å². The third-order valence-corrected chi connectivity index (χ3v) is 4.15. The number of allylic oxidation sites excluding steroid dienone is 1. The lowest BCUT2D eigenvalue weighted by Crippen LogP contribution is -2.47. The van der Waals surface area contributed by atoms with E-state index in [-0.39, 0.29) is 0 Å². The molecule has 1 aromatic rings. The fourth-order valence-electron chi connectivity index (χ4n) is 2.93. The Morgan fingerprint density at radius 2 is 2.06 bits per heavy atom. The van der Waals surface area contributed by atoms with Crippen molar-refractivity contribution in [3.05, 3.63) is 40.9 Å². The summed E-state index contributed by atoms with van der Waals surface area (Å²) in [6, 6.07) is 8.84. The minimum Gasteiger partial charge on any atom is -0.314 e. The number of benzene rings is 1. The average molecular weight is 263 g/mol. The number of hydrogen-bond donors (Lipinski definition) is 1. The van der Waals surface area contributed by atoms with Crippen molar-refractivity contribution in [3.8, 4) is 0 Å². The highest BCUT2D eigenvalue weighted by molar-refractivity contribution is 6.30. The molecular weight excluding hydrogens is 244 g/mol. The molecule has 1 atom stereocenters. The zero-order valence-corrected chi connectivity index (χ0v) is 11.3. The SMILES string of the molecule is Clc1cccc(C2=CC(N3CCNCC3)CC2)c1. The second-order valence-electron chi connectivity index (χ2n) is 5.09. The van der Waals surface area contributed by atoms with E-state index in [1.807, 2.05) is 12.1 Å². The summed E-state index contributed by atoms with van der Waals surface area (Å²) in [5, 5.41) is 4.24. The molecule has 1 N–H and O–H groups in total. The van der Waals surface area contributed by atoms with Crippen molar-refractivity contribution in [2.75, 3.05) is 26.2 Å². The van der Waals surface area contributed by atoms with Gasteiger partial charge >= 0.3 is 0 Å². The zero-order valence-electron chi connectivity index (χ0n) is 10.5. The van der Waals surface area contributed by atoms with Crippen LogP contribution in [0.4, 0.5) is 0 Å². The summed E-state index contributed by atoms with van der Waals surface area (Å²) in [7, 11) is 0. The largest absolute Gasteiger partial charge is 0.314 e. The molecule has 1 aromatic carbocycles. The predicted octanol–water partition coefficient (Wildman–Crippen LogP) is 2.79. The number of halogens is 1. The molecule has 2 aliphatic rings. The van der Waals surface area contributed by atoms with Crippen LogP contribution in [0.25, 0.3) is 5.57 Å². The maximum absolute atomic E-state index is 6.06. The van der Waals surface area contributed by atoms with Gasteiger partial charge in [-0.3, -0.25) is 4.90 Å². The third kappa shape index (κ3) is 2.61. The van der Waals surface area contributed by atoms with Crippen molar-refractivity contribution in [1.82, 2.24) is 10.2 Å². The van der Waals surface area contributed by atoms with Crippen LogP contribution in [-0.2, 0) is 0 Å². The molecule has 3 heteroatoms. The van der Waals surface area contributed by atoms with Crippen LogP contribution >= 0.6 is 11.6 Å². The Hall–Kier alpha value is -0.830. The number of nitrogens with one attached hydrogen (secondary N) is 1. The molecule has 0 spiro atoms. The van der Waals surface area contributed by atoms with E-state index < -0.39 is 0 Å². The first kappa shape index (κ1) is 12.2. The van der Waals surface area contributed by atoms with Gasteiger partial charge in [-0.15, -0.1) is 0 Å². The van der Waals surface area contributed by atoms with Crippen molar-refractivity contribution in [3.63, 3.8) is 0 Å². The maximum Gasteiger partial charge on any atom is 0.0412 e. The lowest BCUT2D eigenvalue weighted by atomic mass is 10.1. The normalized spacial score (nSPS) is 25.2. The van der Waals surface area contributed by atoms with Crippen molar-refractivity contribution >= 4 is 17.2 Å². The van der Waals surface area contributed by atoms with Gasteiger partial charge in [-0.1, -0.05) is 29.8 Å². The molecule has 1 aliphatic heterocycles. The topological polar surface area (TPSA) is 15.3 Å². The Morgan fingerprint density at radius 1 is 1.22 bits per heavy atom. The minimum atomic E-state index is 0.626. The molecule has 3 rings (SSSR count). The fraction of sp³-hybridized carbons (Fsp3) is 0.467. The van der Waals surface area contributed by atoms with Gasteiger partial charge in [0.1, 0.15) is 0 Å². The van der Waals surface area contributed by atoms with Gasteiger partial charge in [0.25, 0.3) is 0 Å². The van der Waals surface area contributed by atoms with E-state index in [9.17, 15) is 0 Å². The highest BCUT2D eigenvalue weighted by Crippen LogP contribution is 2.31. The molecule has 0 bridgehead atoms. The molecule has 1 heterocycles. The Labute approximate surface area is 114 Å². The summed E-state index contributed by atoms with van der Waals surface area (Å²) in [5.74, 6) is 0. The first-order valence-corrected chi connectivity index (χ1v) is 7.12. The molecule has 96 valence electrons. The summed E-state index contributed by atoms with van der Waals surface area (Å²) in [5.41, 5.74) is 2.75. The molecule has 1 aliphatic carbocycles. The highest BCUT2D eigenvalue weighted by atomic mass is 35.5. The monoisotopic (exact) mass is 262 g/mol. The molecule has 18 heavy (non-hydrogen) atoms. The second kappa shape index (κ2) is 5.43. The Morgan fingerprint density at radius 3 is 2.83 bits per heavy atom. The first-order chi connectivity index (χ1) is 8.83. The smallest absolute Gasteiger partial charge is 0.0412 e. The third-order valence-electron chi connectivity index (χ3n) is 3.92. The molecule has 0 saturated carbocycles. The molecule has 1 fully saturated rings. The Balaban J connectivity index is 1.74. The summed E-state index contributed by atoms with van der Waals surface area (Å²) in [4.78, 5) is 2.59. The van der Waals surface area contributed by atoms with Crippen molar-refractivity contribution in [2.24, 2.45) is 0 Å². The number of nitrogens with zero attached hydrogens (tertiary/aromatic N) is 1. The number of hydrogen-bond acceptors (Lipinski definition) is 2. The van der Waals surface area contributed by atoms with Gasteiger partial charge in [0.05, 0.1) is 0 Å². The Bertz CT molecular complexity index is 450. The van der Waals surface area contributed by atoms with E-state index in [4.69, 9.17) is 11.6 Å². The van der Waals surface area contributed by atoms with Crippen LogP contribution < -0.4 is 5.32 Å².